The third-order valence-electron chi connectivity index (χ3n) is 5.75. The lowest BCUT2D eigenvalue weighted by Gasteiger charge is -2.26. The first-order valence-electron chi connectivity index (χ1n) is 13.9. The number of hydrogen-bond acceptors (Lipinski definition) is 1. The Kier molecular flexibility index (Phi) is 5.12. The van der Waals surface area contributed by atoms with Crippen LogP contribution in [0, 0.1) is 0 Å². The normalized spacial score (nSPS) is 14.0. The van der Waals surface area contributed by atoms with E-state index in [-0.39, 0.29) is 40.6 Å². The minimum absolute atomic E-state index is 0.00334. The van der Waals surface area contributed by atoms with Crippen LogP contribution in [0.1, 0.15) is 59.5 Å². The van der Waals surface area contributed by atoms with Crippen molar-refractivity contribution >= 4 is 15.9 Å². The standard InChI is InChI=1S/C32H33BrO/c1-31(2,3)26-16-24(17-27(20-26)32(4,5)6)25-18-28(33)21-30(19-25)34-29-14-12-23(13-15-29)22-10-8-7-9-11-22/h7-21H,1-6H3/i7D,8D,9D,10D,11D. The largest absolute Gasteiger partial charge is 0.457 e. The maximum atomic E-state index is 8.23. The van der Waals surface area contributed by atoms with Crippen LogP contribution in [0.5, 0.6) is 11.5 Å². The summed E-state index contributed by atoms with van der Waals surface area (Å²) < 4.78 is 47.3. The summed E-state index contributed by atoms with van der Waals surface area (Å²) in [6.45, 7) is 13.3. The topological polar surface area (TPSA) is 9.23 Å². The molecule has 0 aliphatic heterocycles. The molecule has 34 heavy (non-hydrogen) atoms. The molecule has 174 valence electrons. The van der Waals surface area contributed by atoms with Gasteiger partial charge in [0, 0.05) is 4.47 Å². The Bertz CT molecular complexity index is 1490. The molecule has 0 saturated heterocycles. The highest BCUT2D eigenvalue weighted by Gasteiger charge is 2.21. The van der Waals surface area contributed by atoms with Crippen LogP contribution in [0.25, 0.3) is 22.3 Å². The zero-order valence-electron chi connectivity index (χ0n) is 25.6. The van der Waals surface area contributed by atoms with E-state index < -0.39 is 6.04 Å². The van der Waals surface area contributed by atoms with Gasteiger partial charge in [0.2, 0.25) is 0 Å². The fourth-order valence-corrected chi connectivity index (χ4v) is 4.14. The molecule has 1 nitrogen and oxygen atoms in total. The lowest BCUT2D eigenvalue weighted by Crippen LogP contribution is -2.16. The Morgan fingerprint density at radius 1 is 0.588 bits per heavy atom. The third-order valence-corrected chi connectivity index (χ3v) is 6.21. The average molecular weight is 519 g/mol. The molecule has 0 aliphatic rings. The Balaban J connectivity index is 1.70. The first kappa shape index (κ1) is 18.5. The lowest BCUT2D eigenvalue weighted by molar-refractivity contribution is 0.482. The number of halogens is 1. The van der Waals surface area contributed by atoms with Crippen LogP contribution >= 0.6 is 15.9 Å². The zero-order valence-corrected chi connectivity index (χ0v) is 22.1. The lowest BCUT2D eigenvalue weighted by atomic mass is 9.79. The first-order valence-corrected chi connectivity index (χ1v) is 12.2. The van der Waals surface area contributed by atoms with E-state index >= 15 is 0 Å². The molecule has 0 saturated carbocycles. The van der Waals surface area contributed by atoms with Gasteiger partial charge in [-0.2, -0.15) is 0 Å². The molecule has 0 aromatic heterocycles. The maximum Gasteiger partial charge on any atom is 0.129 e. The van der Waals surface area contributed by atoms with E-state index in [0.717, 1.165) is 15.6 Å². The molecule has 4 rings (SSSR count). The number of hydrogen-bond donors (Lipinski definition) is 0. The summed E-state index contributed by atoms with van der Waals surface area (Å²) in [7, 11) is 0. The molecule has 0 spiro atoms. The van der Waals surface area contributed by atoms with Crippen molar-refractivity contribution in [2.75, 3.05) is 0 Å². The van der Waals surface area contributed by atoms with Gasteiger partial charge >= 0.3 is 0 Å². The second-order valence-electron chi connectivity index (χ2n) is 10.6. The molecule has 0 N–H and O–H groups in total. The SMILES string of the molecule is [2H]c1c([2H])c([2H])c(-c2ccc(Oc3cc(Br)cc(-c4cc(C(C)(C)C)cc(C(C)(C)C)c4)c3)cc2)c([2H])c1[2H]. The molecule has 0 atom stereocenters. The summed E-state index contributed by atoms with van der Waals surface area (Å²) in [6, 6.07) is 18.2. The quantitative estimate of drug-likeness (QED) is 0.261. The van der Waals surface area contributed by atoms with Gasteiger partial charge in [0.15, 0.2) is 0 Å². The third kappa shape index (κ3) is 5.80. The van der Waals surface area contributed by atoms with Crippen molar-refractivity contribution in [3.05, 3.63) is 106 Å². The van der Waals surface area contributed by atoms with Gasteiger partial charge in [0.25, 0.3) is 0 Å². The molecular weight excluding hydrogens is 480 g/mol. The highest BCUT2D eigenvalue weighted by molar-refractivity contribution is 9.10. The highest BCUT2D eigenvalue weighted by atomic mass is 79.9. The summed E-state index contributed by atoms with van der Waals surface area (Å²) in [4.78, 5) is 0. The van der Waals surface area contributed by atoms with E-state index in [2.05, 4.69) is 81.7 Å². The van der Waals surface area contributed by atoms with Gasteiger partial charge in [-0.15, -0.1) is 0 Å². The van der Waals surface area contributed by atoms with Crippen molar-refractivity contribution in [2.45, 2.75) is 52.4 Å². The van der Waals surface area contributed by atoms with E-state index in [1.807, 2.05) is 12.1 Å². The smallest absolute Gasteiger partial charge is 0.129 e. The minimum atomic E-state index is -0.401. The predicted molar refractivity (Wildman–Crippen MR) is 149 cm³/mol. The summed E-state index contributed by atoms with van der Waals surface area (Å²) in [5.41, 5.74) is 5.41. The van der Waals surface area contributed by atoms with E-state index in [0.29, 0.717) is 17.1 Å². The van der Waals surface area contributed by atoms with Gasteiger partial charge in [-0.05, 0) is 74.5 Å². The van der Waals surface area contributed by atoms with Gasteiger partial charge in [0.1, 0.15) is 11.5 Å². The van der Waals surface area contributed by atoms with Crippen molar-refractivity contribution in [2.24, 2.45) is 0 Å². The van der Waals surface area contributed by atoms with Gasteiger partial charge in [-0.25, -0.2) is 0 Å². The zero-order chi connectivity index (χ0) is 28.9. The monoisotopic (exact) mass is 517 g/mol. The van der Waals surface area contributed by atoms with Crippen LogP contribution in [0.3, 0.4) is 0 Å². The second kappa shape index (κ2) is 9.43. The van der Waals surface area contributed by atoms with E-state index in [1.165, 1.54) is 11.1 Å². The van der Waals surface area contributed by atoms with Crippen LogP contribution < -0.4 is 4.74 Å². The van der Waals surface area contributed by atoms with Gasteiger partial charge in [0.05, 0.1) is 6.85 Å². The molecule has 0 unspecified atom stereocenters. The number of rotatable bonds is 4. The highest BCUT2D eigenvalue weighted by Crippen LogP contribution is 2.37. The Hall–Kier alpha value is -2.84. The molecule has 0 bridgehead atoms. The van der Waals surface area contributed by atoms with Crippen molar-refractivity contribution in [1.29, 1.82) is 0 Å². The summed E-state index contributed by atoms with van der Waals surface area (Å²) in [6.07, 6.45) is 0. The molecule has 0 fully saturated rings. The van der Waals surface area contributed by atoms with Gasteiger partial charge < -0.3 is 4.74 Å². The number of ether oxygens (including phenoxy) is 1. The predicted octanol–water partition coefficient (Wildman–Crippen LogP) is 10.2. The van der Waals surface area contributed by atoms with Crippen LogP contribution in [-0.2, 0) is 10.8 Å². The molecule has 2 heteroatoms. The van der Waals surface area contributed by atoms with E-state index in [1.54, 1.807) is 24.3 Å². The summed E-state index contributed by atoms with van der Waals surface area (Å²) >= 11 is 3.64. The molecule has 4 aromatic rings. The molecule has 0 radical (unpaired) electrons. The van der Waals surface area contributed by atoms with Crippen LogP contribution in [0.15, 0.2) is 95.3 Å². The molecule has 0 heterocycles. The second-order valence-corrected chi connectivity index (χ2v) is 11.5. The Morgan fingerprint density at radius 3 is 1.71 bits per heavy atom. The maximum absolute atomic E-state index is 8.23. The molecular formula is C32H33BrO. The van der Waals surface area contributed by atoms with Crippen molar-refractivity contribution < 1.29 is 11.6 Å². The van der Waals surface area contributed by atoms with E-state index in [4.69, 9.17) is 11.6 Å². The van der Waals surface area contributed by atoms with Crippen LogP contribution in [-0.4, -0.2) is 0 Å². The Morgan fingerprint density at radius 2 is 1.15 bits per heavy atom. The van der Waals surface area contributed by atoms with Gasteiger partial charge in [-0.1, -0.05) is 118 Å². The number of benzene rings is 4. The molecule has 0 aliphatic carbocycles. The minimum Gasteiger partial charge on any atom is -0.457 e. The van der Waals surface area contributed by atoms with Crippen molar-refractivity contribution in [3.63, 3.8) is 0 Å². The fraction of sp³-hybridized carbons (Fsp3) is 0.250. The summed E-state index contributed by atoms with van der Waals surface area (Å²) in [5.74, 6) is 1.24. The first-order chi connectivity index (χ1) is 18.1. The molecule has 0 amide bonds. The summed E-state index contributed by atoms with van der Waals surface area (Å²) in [5, 5.41) is 0. The van der Waals surface area contributed by atoms with Crippen LogP contribution in [0.2, 0.25) is 0 Å². The Labute approximate surface area is 220 Å². The molecule has 4 aromatic carbocycles. The van der Waals surface area contributed by atoms with Crippen molar-refractivity contribution in [3.8, 4) is 33.8 Å². The van der Waals surface area contributed by atoms with Crippen molar-refractivity contribution in [1.82, 2.24) is 0 Å². The van der Waals surface area contributed by atoms with Gasteiger partial charge in [-0.3, -0.25) is 0 Å². The van der Waals surface area contributed by atoms with E-state index in [9.17, 15) is 0 Å². The fourth-order valence-electron chi connectivity index (χ4n) is 3.67. The average Bonchev–Trinajstić information content (AvgIpc) is 2.86. The van der Waals surface area contributed by atoms with Crippen LogP contribution in [0.4, 0.5) is 0 Å².